The fourth-order valence-electron chi connectivity index (χ4n) is 1.92. The first kappa shape index (κ1) is 17.6. The summed E-state index contributed by atoms with van der Waals surface area (Å²) in [6.45, 7) is 6.16. The number of para-hydroxylation sites is 1. The average Bonchev–Trinajstić information content (AvgIpc) is 2.53. The molecule has 0 amide bonds. The Balaban J connectivity index is 2.20. The van der Waals surface area contributed by atoms with Gasteiger partial charge < -0.3 is 24.3 Å². The number of ether oxygens (including phenoxy) is 4. The number of nitrogens with two attached hydrogens (primary N) is 1. The van der Waals surface area contributed by atoms with E-state index in [-0.39, 0.29) is 0 Å². The average molecular weight is 298 g/mol. The number of benzene rings is 1. The van der Waals surface area contributed by atoms with Crippen LogP contribution in [0.2, 0.25) is 0 Å². The van der Waals surface area contributed by atoms with E-state index >= 15 is 0 Å². The molecule has 0 spiro atoms. The number of hydrogen-bond donors (Lipinski definition) is 1. The van der Waals surface area contributed by atoms with Gasteiger partial charge in [-0.2, -0.15) is 0 Å². The third kappa shape index (κ3) is 6.69. The number of quaternary nitrogens is 1. The molecule has 1 aromatic carbocycles. The van der Waals surface area contributed by atoms with E-state index in [0.29, 0.717) is 30.5 Å². The van der Waals surface area contributed by atoms with Crippen molar-refractivity contribution >= 4 is 0 Å². The molecule has 2 N–H and O–H groups in total. The van der Waals surface area contributed by atoms with Crippen LogP contribution in [0.25, 0.3) is 0 Å². The Labute approximate surface area is 127 Å². The predicted molar refractivity (Wildman–Crippen MR) is 82.4 cm³/mol. The molecule has 21 heavy (non-hydrogen) atoms. The van der Waals surface area contributed by atoms with E-state index in [1.54, 1.807) is 14.2 Å². The summed E-state index contributed by atoms with van der Waals surface area (Å²) in [5.41, 5.74) is 0. The normalized spacial score (nSPS) is 10.4. The minimum absolute atomic E-state index is 0.478. The van der Waals surface area contributed by atoms with Gasteiger partial charge in [-0.3, -0.25) is 0 Å². The summed E-state index contributed by atoms with van der Waals surface area (Å²) in [7, 11) is 3.23. The van der Waals surface area contributed by atoms with Crippen LogP contribution in [0.15, 0.2) is 18.2 Å². The summed E-state index contributed by atoms with van der Waals surface area (Å²) in [5.74, 6) is 1.96. The van der Waals surface area contributed by atoms with Gasteiger partial charge in [-0.05, 0) is 18.6 Å². The zero-order chi connectivity index (χ0) is 15.3. The first-order chi connectivity index (χ1) is 10.3. The van der Waals surface area contributed by atoms with Crippen LogP contribution in [0.4, 0.5) is 0 Å². The molecule has 0 saturated carbocycles. The molecule has 0 aliphatic carbocycles. The minimum atomic E-state index is 0.478. The Bertz CT molecular complexity index is 362. The lowest BCUT2D eigenvalue weighted by Gasteiger charge is -2.14. The lowest BCUT2D eigenvalue weighted by Crippen LogP contribution is -2.85. The fraction of sp³-hybridized carbons (Fsp3) is 0.625. The Morgan fingerprint density at radius 2 is 1.67 bits per heavy atom. The Kier molecular flexibility index (Phi) is 9.40. The molecule has 0 heterocycles. The highest BCUT2D eigenvalue weighted by Crippen LogP contribution is 2.36. The van der Waals surface area contributed by atoms with Crippen molar-refractivity contribution in [3.8, 4) is 17.2 Å². The molecule has 1 aromatic rings. The van der Waals surface area contributed by atoms with Crippen LogP contribution in [-0.2, 0) is 4.74 Å². The molecule has 0 atom stereocenters. The van der Waals surface area contributed by atoms with Crippen LogP contribution in [0, 0.1) is 0 Å². The highest BCUT2D eigenvalue weighted by atomic mass is 16.6. The predicted octanol–water partition coefficient (Wildman–Crippen LogP) is 1.46. The smallest absolute Gasteiger partial charge is 0.203 e. The van der Waals surface area contributed by atoms with Crippen molar-refractivity contribution in [2.75, 3.05) is 47.1 Å². The van der Waals surface area contributed by atoms with E-state index in [1.165, 1.54) is 19.4 Å². The first-order valence-electron chi connectivity index (χ1n) is 7.56. The number of rotatable bonds is 12. The summed E-state index contributed by atoms with van der Waals surface area (Å²) >= 11 is 0. The summed E-state index contributed by atoms with van der Waals surface area (Å²) in [6, 6.07) is 5.57. The Morgan fingerprint density at radius 1 is 0.952 bits per heavy atom. The molecular formula is C16H28NO4+. The van der Waals surface area contributed by atoms with Gasteiger partial charge in [0.05, 0.1) is 40.5 Å². The monoisotopic (exact) mass is 298 g/mol. The van der Waals surface area contributed by atoms with Crippen molar-refractivity contribution < 1.29 is 24.3 Å². The lowest BCUT2D eigenvalue weighted by molar-refractivity contribution is -0.656. The van der Waals surface area contributed by atoms with E-state index in [1.807, 2.05) is 18.2 Å². The van der Waals surface area contributed by atoms with Crippen molar-refractivity contribution in [1.82, 2.24) is 0 Å². The molecule has 5 nitrogen and oxygen atoms in total. The van der Waals surface area contributed by atoms with Crippen LogP contribution < -0.4 is 19.5 Å². The zero-order valence-electron chi connectivity index (χ0n) is 13.4. The quantitative estimate of drug-likeness (QED) is 0.594. The van der Waals surface area contributed by atoms with Crippen LogP contribution in [0.5, 0.6) is 17.2 Å². The fourth-order valence-corrected chi connectivity index (χ4v) is 1.92. The van der Waals surface area contributed by atoms with Crippen molar-refractivity contribution in [1.29, 1.82) is 0 Å². The molecule has 0 bridgehead atoms. The topological polar surface area (TPSA) is 53.5 Å². The van der Waals surface area contributed by atoms with Crippen molar-refractivity contribution in [3.63, 3.8) is 0 Å². The van der Waals surface area contributed by atoms with Crippen LogP contribution in [0.1, 0.15) is 19.8 Å². The van der Waals surface area contributed by atoms with Crippen LogP contribution in [0.3, 0.4) is 0 Å². The van der Waals surface area contributed by atoms with Gasteiger partial charge in [0.25, 0.3) is 0 Å². The minimum Gasteiger partial charge on any atom is -0.493 e. The lowest BCUT2D eigenvalue weighted by atomic mass is 10.3. The summed E-state index contributed by atoms with van der Waals surface area (Å²) in [4.78, 5) is 0. The molecule has 0 aliphatic heterocycles. The molecule has 0 saturated heterocycles. The van der Waals surface area contributed by atoms with Crippen molar-refractivity contribution in [3.05, 3.63) is 18.2 Å². The van der Waals surface area contributed by atoms with Gasteiger partial charge in [-0.1, -0.05) is 19.4 Å². The molecule has 0 fully saturated rings. The summed E-state index contributed by atoms with van der Waals surface area (Å²) < 4.78 is 21.8. The van der Waals surface area contributed by atoms with E-state index in [0.717, 1.165) is 13.2 Å². The van der Waals surface area contributed by atoms with E-state index in [9.17, 15) is 0 Å². The van der Waals surface area contributed by atoms with Crippen molar-refractivity contribution in [2.24, 2.45) is 0 Å². The second-order valence-corrected chi connectivity index (χ2v) is 4.67. The SMILES string of the molecule is CCCC[NH2+]CCOCCOc1c(OC)cccc1OC. The molecule has 0 aliphatic rings. The summed E-state index contributed by atoms with van der Waals surface area (Å²) in [6.07, 6.45) is 2.50. The maximum absolute atomic E-state index is 5.71. The molecule has 1 rings (SSSR count). The summed E-state index contributed by atoms with van der Waals surface area (Å²) in [5, 5.41) is 2.29. The van der Waals surface area contributed by atoms with Gasteiger partial charge in [0, 0.05) is 0 Å². The van der Waals surface area contributed by atoms with Crippen LogP contribution in [-0.4, -0.2) is 47.1 Å². The number of unbranched alkanes of at least 4 members (excludes halogenated alkanes) is 1. The van der Waals surface area contributed by atoms with Crippen LogP contribution >= 0.6 is 0 Å². The second-order valence-electron chi connectivity index (χ2n) is 4.67. The molecule has 120 valence electrons. The number of hydrogen-bond acceptors (Lipinski definition) is 4. The zero-order valence-corrected chi connectivity index (χ0v) is 13.4. The standard InChI is InChI=1S/C16H27NO4/c1-4-5-9-17-10-11-20-12-13-21-16-14(18-2)7-6-8-15(16)19-3/h6-8,17H,4-5,9-13H2,1-3H3/p+1. The molecule has 5 heteroatoms. The molecule has 0 radical (unpaired) electrons. The van der Waals surface area contributed by atoms with Gasteiger partial charge >= 0.3 is 0 Å². The Morgan fingerprint density at radius 3 is 2.29 bits per heavy atom. The molecular weight excluding hydrogens is 270 g/mol. The highest BCUT2D eigenvalue weighted by molar-refractivity contribution is 5.51. The maximum Gasteiger partial charge on any atom is 0.203 e. The van der Waals surface area contributed by atoms with Gasteiger partial charge in [0.1, 0.15) is 6.61 Å². The highest BCUT2D eigenvalue weighted by Gasteiger charge is 2.10. The largest absolute Gasteiger partial charge is 0.493 e. The van der Waals surface area contributed by atoms with Gasteiger partial charge in [0.2, 0.25) is 5.75 Å². The maximum atomic E-state index is 5.71. The van der Waals surface area contributed by atoms with E-state index < -0.39 is 0 Å². The third-order valence-corrected chi connectivity index (χ3v) is 3.08. The Hall–Kier alpha value is -1.46. The van der Waals surface area contributed by atoms with Gasteiger partial charge in [-0.25, -0.2) is 0 Å². The third-order valence-electron chi connectivity index (χ3n) is 3.08. The number of methoxy groups -OCH3 is 2. The van der Waals surface area contributed by atoms with Crippen molar-refractivity contribution in [2.45, 2.75) is 19.8 Å². The molecule has 0 aromatic heterocycles. The molecule has 0 unspecified atom stereocenters. The van der Waals surface area contributed by atoms with E-state index in [4.69, 9.17) is 18.9 Å². The van der Waals surface area contributed by atoms with Gasteiger partial charge in [0.15, 0.2) is 11.5 Å². The first-order valence-corrected chi connectivity index (χ1v) is 7.56. The second kappa shape index (κ2) is 11.2. The van der Waals surface area contributed by atoms with E-state index in [2.05, 4.69) is 12.2 Å². The van der Waals surface area contributed by atoms with Gasteiger partial charge in [-0.15, -0.1) is 0 Å².